The molecule has 17 heavy (non-hydrogen) atoms. The van der Waals surface area contributed by atoms with Crippen molar-refractivity contribution < 1.29 is 9.90 Å². The number of hydrogen-bond acceptors (Lipinski definition) is 3. The molecule has 0 spiro atoms. The maximum Gasteiger partial charge on any atom is 0.312 e. The monoisotopic (exact) mass is 234 g/mol. The predicted molar refractivity (Wildman–Crippen MR) is 63.9 cm³/mol. The fourth-order valence-electron chi connectivity index (χ4n) is 2.31. The maximum absolute atomic E-state index is 10.8. The summed E-state index contributed by atoms with van der Waals surface area (Å²) in [5.41, 5.74) is 1.56. The SMILES string of the molecule is CC(C(=O)O)c1cnc(C2CCCCC2)cn1. The molecule has 4 nitrogen and oxygen atoms in total. The van der Waals surface area contributed by atoms with Crippen LogP contribution in [0.1, 0.15) is 62.3 Å². The molecule has 0 radical (unpaired) electrons. The normalized spacial score (nSPS) is 18.9. The fraction of sp³-hybridized carbons (Fsp3) is 0.615. The minimum Gasteiger partial charge on any atom is -0.481 e. The van der Waals surface area contributed by atoms with Crippen LogP contribution < -0.4 is 0 Å². The van der Waals surface area contributed by atoms with E-state index in [4.69, 9.17) is 5.11 Å². The fourth-order valence-corrected chi connectivity index (χ4v) is 2.31. The molecule has 1 aromatic rings. The second-order valence-electron chi connectivity index (χ2n) is 4.76. The van der Waals surface area contributed by atoms with Gasteiger partial charge in [0.2, 0.25) is 0 Å². The van der Waals surface area contributed by atoms with Gasteiger partial charge in [-0.2, -0.15) is 0 Å². The summed E-state index contributed by atoms with van der Waals surface area (Å²) in [6, 6.07) is 0. The van der Waals surface area contributed by atoms with Crippen LogP contribution in [-0.2, 0) is 4.79 Å². The molecule has 1 saturated carbocycles. The Balaban J connectivity index is 2.09. The number of carboxylic acid groups (broad SMARTS) is 1. The lowest BCUT2D eigenvalue weighted by atomic mass is 9.87. The van der Waals surface area contributed by atoms with Gasteiger partial charge >= 0.3 is 5.97 Å². The summed E-state index contributed by atoms with van der Waals surface area (Å²) in [7, 11) is 0. The standard InChI is InChI=1S/C13H18N2O2/c1-9(13(16)17)11-7-15-12(8-14-11)10-5-3-2-4-6-10/h7-10H,2-6H2,1H3,(H,16,17). The molecule has 1 aliphatic carbocycles. The second-order valence-corrected chi connectivity index (χ2v) is 4.76. The van der Waals surface area contributed by atoms with Crippen molar-refractivity contribution in [2.45, 2.75) is 50.9 Å². The van der Waals surface area contributed by atoms with Crippen LogP contribution in [0.3, 0.4) is 0 Å². The minimum absolute atomic E-state index is 0.519. The van der Waals surface area contributed by atoms with Gasteiger partial charge < -0.3 is 5.11 Å². The van der Waals surface area contributed by atoms with Gasteiger partial charge in [-0.3, -0.25) is 14.8 Å². The van der Waals surface area contributed by atoms with Crippen LogP contribution in [0.25, 0.3) is 0 Å². The van der Waals surface area contributed by atoms with Gasteiger partial charge in [-0.15, -0.1) is 0 Å². The molecule has 92 valence electrons. The zero-order chi connectivity index (χ0) is 12.3. The molecule has 1 fully saturated rings. The Bertz CT molecular complexity index is 383. The van der Waals surface area contributed by atoms with E-state index in [0.717, 1.165) is 5.69 Å². The third-order valence-corrected chi connectivity index (χ3v) is 3.53. The highest BCUT2D eigenvalue weighted by atomic mass is 16.4. The number of carbonyl (C=O) groups is 1. The molecule has 0 amide bonds. The third kappa shape index (κ3) is 2.81. The molecule has 1 aliphatic rings. The average molecular weight is 234 g/mol. The van der Waals surface area contributed by atoms with Crippen molar-refractivity contribution in [3.63, 3.8) is 0 Å². The Kier molecular flexibility index (Phi) is 3.71. The lowest BCUT2D eigenvalue weighted by Gasteiger charge is -2.20. The van der Waals surface area contributed by atoms with Gasteiger partial charge in [0.1, 0.15) is 0 Å². The molecular weight excluding hydrogens is 216 g/mol. The molecule has 1 atom stereocenters. The largest absolute Gasteiger partial charge is 0.481 e. The number of carboxylic acids is 1. The lowest BCUT2D eigenvalue weighted by Crippen LogP contribution is -2.12. The molecular formula is C13H18N2O2. The molecule has 0 saturated heterocycles. The van der Waals surface area contributed by atoms with E-state index in [9.17, 15) is 4.79 Å². The van der Waals surface area contributed by atoms with Gasteiger partial charge in [-0.05, 0) is 19.8 Å². The zero-order valence-corrected chi connectivity index (χ0v) is 10.1. The number of aromatic nitrogens is 2. The van der Waals surface area contributed by atoms with E-state index in [1.165, 1.54) is 32.1 Å². The van der Waals surface area contributed by atoms with E-state index < -0.39 is 11.9 Å². The summed E-state index contributed by atoms with van der Waals surface area (Å²) < 4.78 is 0. The Hall–Kier alpha value is -1.45. The molecule has 1 aromatic heterocycles. The van der Waals surface area contributed by atoms with E-state index in [-0.39, 0.29) is 0 Å². The molecule has 0 aromatic carbocycles. The van der Waals surface area contributed by atoms with Crippen LogP contribution in [0.2, 0.25) is 0 Å². The third-order valence-electron chi connectivity index (χ3n) is 3.53. The zero-order valence-electron chi connectivity index (χ0n) is 10.1. The summed E-state index contributed by atoms with van der Waals surface area (Å²) in [6.07, 6.45) is 9.58. The Morgan fingerprint density at radius 1 is 1.29 bits per heavy atom. The average Bonchev–Trinajstić information content (AvgIpc) is 2.39. The van der Waals surface area contributed by atoms with Crippen LogP contribution >= 0.6 is 0 Å². The van der Waals surface area contributed by atoms with Crippen molar-refractivity contribution in [2.24, 2.45) is 0 Å². The highest BCUT2D eigenvalue weighted by Crippen LogP contribution is 2.31. The number of nitrogens with zero attached hydrogens (tertiary/aromatic N) is 2. The van der Waals surface area contributed by atoms with Gasteiger partial charge in [-0.25, -0.2) is 0 Å². The summed E-state index contributed by atoms with van der Waals surface area (Å²) >= 11 is 0. The molecule has 1 unspecified atom stereocenters. The molecule has 2 rings (SSSR count). The van der Waals surface area contributed by atoms with Crippen LogP contribution in [0.15, 0.2) is 12.4 Å². The lowest BCUT2D eigenvalue weighted by molar-refractivity contribution is -0.138. The predicted octanol–water partition coefficient (Wildman–Crippen LogP) is 2.71. The topological polar surface area (TPSA) is 63.1 Å². The first-order chi connectivity index (χ1) is 8.18. The highest BCUT2D eigenvalue weighted by molar-refractivity contribution is 5.74. The first-order valence-electron chi connectivity index (χ1n) is 6.23. The first-order valence-corrected chi connectivity index (χ1v) is 6.23. The molecule has 1 N–H and O–H groups in total. The van der Waals surface area contributed by atoms with Crippen molar-refractivity contribution in [3.8, 4) is 0 Å². The highest BCUT2D eigenvalue weighted by Gasteiger charge is 2.19. The van der Waals surface area contributed by atoms with Crippen LogP contribution in [0.4, 0.5) is 0 Å². The van der Waals surface area contributed by atoms with E-state index in [1.807, 2.05) is 0 Å². The maximum atomic E-state index is 10.8. The minimum atomic E-state index is -0.857. The Morgan fingerprint density at radius 3 is 2.53 bits per heavy atom. The number of hydrogen-bond donors (Lipinski definition) is 1. The van der Waals surface area contributed by atoms with Crippen molar-refractivity contribution in [1.29, 1.82) is 0 Å². The van der Waals surface area contributed by atoms with Crippen molar-refractivity contribution >= 4 is 5.97 Å². The summed E-state index contributed by atoms with van der Waals surface area (Å²) in [6.45, 7) is 1.63. The molecule has 1 heterocycles. The van der Waals surface area contributed by atoms with Crippen molar-refractivity contribution in [3.05, 3.63) is 23.8 Å². The van der Waals surface area contributed by atoms with Gasteiger partial charge in [0.25, 0.3) is 0 Å². The van der Waals surface area contributed by atoms with E-state index in [1.54, 1.807) is 19.3 Å². The van der Waals surface area contributed by atoms with E-state index >= 15 is 0 Å². The van der Waals surface area contributed by atoms with Crippen LogP contribution in [0.5, 0.6) is 0 Å². The van der Waals surface area contributed by atoms with Crippen molar-refractivity contribution in [1.82, 2.24) is 9.97 Å². The van der Waals surface area contributed by atoms with Crippen LogP contribution in [0, 0.1) is 0 Å². The number of aliphatic carboxylic acids is 1. The Labute approximate surface area is 101 Å². The van der Waals surface area contributed by atoms with Gasteiger partial charge in [-0.1, -0.05) is 19.3 Å². The molecule has 4 heteroatoms. The quantitative estimate of drug-likeness (QED) is 0.873. The second kappa shape index (κ2) is 5.25. The smallest absolute Gasteiger partial charge is 0.312 e. The first kappa shape index (κ1) is 12.0. The van der Waals surface area contributed by atoms with E-state index in [0.29, 0.717) is 11.6 Å². The summed E-state index contributed by atoms with van der Waals surface area (Å²) in [4.78, 5) is 19.4. The van der Waals surface area contributed by atoms with Gasteiger partial charge in [0.05, 0.1) is 17.3 Å². The summed E-state index contributed by atoms with van der Waals surface area (Å²) in [5, 5.41) is 8.89. The Morgan fingerprint density at radius 2 is 2.00 bits per heavy atom. The van der Waals surface area contributed by atoms with Crippen LogP contribution in [-0.4, -0.2) is 21.0 Å². The van der Waals surface area contributed by atoms with Crippen molar-refractivity contribution in [2.75, 3.05) is 0 Å². The summed E-state index contributed by atoms with van der Waals surface area (Å²) in [5.74, 6) is -0.918. The number of rotatable bonds is 3. The van der Waals surface area contributed by atoms with Gasteiger partial charge in [0, 0.05) is 18.3 Å². The molecule has 0 aliphatic heterocycles. The van der Waals surface area contributed by atoms with E-state index in [2.05, 4.69) is 9.97 Å². The van der Waals surface area contributed by atoms with Gasteiger partial charge in [0.15, 0.2) is 0 Å². The molecule has 0 bridgehead atoms.